The molecule has 9 heteroatoms. The summed E-state index contributed by atoms with van der Waals surface area (Å²) in [5.74, 6) is -2.24. The Morgan fingerprint density at radius 1 is 1.33 bits per heavy atom. The van der Waals surface area contributed by atoms with Crippen molar-refractivity contribution in [2.45, 2.75) is 17.5 Å². The molecular formula is C12H12F4O4S. The van der Waals surface area contributed by atoms with Crippen molar-refractivity contribution in [1.82, 2.24) is 0 Å². The molecule has 0 aromatic heterocycles. The van der Waals surface area contributed by atoms with E-state index in [1.165, 1.54) is 0 Å². The second-order valence-corrected chi connectivity index (χ2v) is 5.56. The van der Waals surface area contributed by atoms with Gasteiger partial charge < -0.3 is 9.84 Å². The van der Waals surface area contributed by atoms with Crippen LogP contribution >= 0.6 is 0 Å². The summed E-state index contributed by atoms with van der Waals surface area (Å²) in [4.78, 5) is 10.4. The predicted molar refractivity (Wildman–Crippen MR) is 66.1 cm³/mol. The van der Waals surface area contributed by atoms with E-state index in [1.54, 1.807) is 0 Å². The number of rotatable bonds is 7. The van der Waals surface area contributed by atoms with Crippen LogP contribution in [-0.4, -0.2) is 40.4 Å². The first-order chi connectivity index (χ1) is 9.70. The number of benzene rings is 1. The van der Waals surface area contributed by atoms with Gasteiger partial charge in [-0.15, -0.1) is 0 Å². The third kappa shape index (κ3) is 6.21. The highest BCUT2D eigenvalue weighted by Crippen LogP contribution is 2.17. The zero-order chi connectivity index (χ0) is 16.0. The van der Waals surface area contributed by atoms with Gasteiger partial charge in [0, 0.05) is 12.4 Å². The summed E-state index contributed by atoms with van der Waals surface area (Å²) in [6, 6.07) is 2.87. The van der Waals surface area contributed by atoms with Crippen molar-refractivity contribution in [3.05, 3.63) is 29.6 Å². The summed E-state index contributed by atoms with van der Waals surface area (Å²) < 4.78 is 64.9. The van der Waals surface area contributed by atoms with Crippen molar-refractivity contribution in [2.24, 2.45) is 0 Å². The minimum Gasteiger partial charge on any atom is -0.478 e. The van der Waals surface area contributed by atoms with Gasteiger partial charge in [0.05, 0.1) is 21.3 Å². The van der Waals surface area contributed by atoms with Crippen molar-refractivity contribution in [3.63, 3.8) is 0 Å². The molecule has 0 aliphatic carbocycles. The van der Waals surface area contributed by atoms with Gasteiger partial charge in [-0.2, -0.15) is 13.2 Å². The van der Waals surface area contributed by atoms with Gasteiger partial charge in [-0.1, -0.05) is 0 Å². The standard InChI is InChI=1S/C12H12F4O4S/c13-9-3-2-8(11(17)18)6-10(9)21(19)5-1-4-20-7-12(14,15)16/h2-3,6H,1,4-5,7H2,(H,17,18). The van der Waals surface area contributed by atoms with Gasteiger partial charge >= 0.3 is 12.1 Å². The van der Waals surface area contributed by atoms with Gasteiger partial charge in [-0.3, -0.25) is 4.21 Å². The van der Waals surface area contributed by atoms with Crippen LogP contribution in [0.15, 0.2) is 23.1 Å². The topological polar surface area (TPSA) is 63.6 Å². The number of carbonyl (C=O) groups is 1. The fourth-order valence-corrected chi connectivity index (χ4v) is 2.54. The normalized spacial score (nSPS) is 13.1. The molecule has 1 aromatic carbocycles. The minimum atomic E-state index is -4.43. The molecule has 0 aliphatic heterocycles. The fourth-order valence-electron chi connectivity index (χ4n) is 1.40. The van der Waals surface area contributed by atoms with E-state index < -0.39 is 35.4 Å². The summed E-state index contributed by atoms with van der Waals surface area (Å²) in [5, 5.41) is 8.76. The summed E-state index contributed by atoms with van der Waals surface area (Å²) in [6.07, 6.45) is -4.40. The first-order valence-electron chi connectivity index (χ1n) is 5.76. The molecule has 0 amide bonds. The van der Waals surface area contributed by atoms with Gasteiger partial charge in [0.25, 0.3) is 0 Å². The smallest absolute Gasteiger partial charge is 0.411 e. The Balaban J connectivity index is 2.52. The third-order valence-corrected chi connectivity index (χ3v) is 3.77. The first kappa shape index (κ1) is 17.6. The van der Waals surface area contributed by atoms with Gasteiger partial charge in [-0.25, -0.2) is 9.18 Å². The quantitative estimate of drug-likeness (QED) is 0.617. The van der Waals surface area contributed by atoms with Crippen LogP contribution in [0.5, 0.6) is 0 Å². The molecule has 1 N–H and O–H groups in total. The Morgan fingerprint density at radius 2 is 2.00 bits per heavy atom. The minimum absolute atomic E-state index is 0.0272. The molecule has 1 unspecified atom stereocenters. The molecule has 0 radical (unpaired) electrons. The van der Waals surface area contributed by atoms with E-state index in [2.05, 4.69) is 4.74 Å². The van der Waals surface area contributed by atoms with E-state index >= 15 is 0 Å². The van der Waals surface area contributed by atoms with Gasteiger partial charge in [-0.05, 0) is 24.6 Å². The highest BCUT2D eigenvalue weighted by atomic mass is 32.2. The van der Waals surface area contributed by atoms with E-state index in [-0.39, 0.29) is 29.2 Å². The lowest BCUT2D eigenvalue weighted by Gasteiger charge is -2.08. The van der Waals surface area contributed by atoms with Crippen LogP contribution < -0.4 is 0 Å². The van der Waals surface area contributed by atoms with Crippen molar-refractivity contribution < 1.29 is 36.4 Å². The number of hydrogen-bond acceptors (Lipinski definition) is 3. The lowest BCUT2D eigenvalue weighted by molar-refractivity contribution is -0.173. The fraction of sp³-hybridized carbons (Fsp3) is 0.417. The van der Waals surface area contributed by atoms with Crippen molar-refractivity contribution >= 4 is 16.8 Å². The summed E-state index contributed by atoms with van der Waals surface area (Å²) in [6.45, 7) is -1.67. The number of aromatic carboxylic acids is 1. The molecule has 0 spiro atoms. The summed E-state index contributed by atoms with van der Waals surface area (Å²) in [7, 11) is -1.85. The number of hydrogen-bond donors (Lipinski definition) is 1. The molecule has 0 bridgehead atoms. The second kappa shape index (κ2) is 7.51. The molecular weight excluding hydrogens is 316 g/mol. The molecule has 1 aromatic rings. The molecule has 0 saturated heterocycles. The van der Waals surface area contributed by atoms with Crippen LogP contribution in [0.1, 0.15) is 16.8 Å². The Hall–Kier alpha value is -1.48. The molecule has 0 saturated carbocycles. The van der Waals surface area contributed by atoms with Crippen LogP contribution in [0.25, 0.3) is 0 Å². The van der Waals surface area contributed by atoms with Crippen LogP contribution in [0.2, 0.25) is 0 Å². The SMILES string of the molecule is O=C(O)c1ccc(F)c(S(=O)CCCOCC(F)(F)F)c1. The predicted octanol–water partition coefficient (Wildman–Crippen LogP) is 2.60. The molecule has 0 heterocycles. The van der Waals surface area contributed by atoms with Crippen molar-refractivity contribution in [2.75, 3.05) is 19.0 Å². The molecule has 1 rings (SSSR count). The first-order valence-corrected chi connectivity index (χ1v) is 7.08. The van der Waals surface area contributed by atoms with Crippen molar-refractivity contribution in [3.8, 4) is 0 Å². The van der Waals surface area contributed by atoms with Crippen molar-refractivity contribution in [1.29, 1.82) is 0 Å². The lowest BCUT2D eigenvalue weighted by Crippen LogP contribution is -2.18. The van der Waals surface area contributed by atoms with E-state index in [1.807, 2.05) is 0 Å². The maximum atomic E-state index is 13.4. The Labute approximate surface area is 120 Å². The third-order valence-electron chi connectivity index (χ3n) is 2.31. The number of halogens is 4. The molecule has 0 aliphatic rings. The maximum absolute atomic E-state index is 13.4. The molecule has 118 valence electrons. The van der Waals surface area contributed by atoms with Crippen LogP contribution in [0, 0.1) is 5.82 Å². The second-order valence-electron chi connectivity index (χ2n) is 4.02. The number of ether oxygens (including phenoxy) is 1. The molecule has 0 fully saturated rings. The van der Waals surface area contributed by atoms with Crippen LogP contribution in [0.4, 0.5) is 17.6 Å². The highest BCUT2D eigenvalue weighted by Gasteiger charge is 2.27. The van der Waals surface area contributed by atoms with Crippen LogP contribution in [0.3, 0.4) is 0 Å². The number of carboxylic acid groups (broad SMARTS) is 1. The van der Waals surface area contributed by atoms with Gasteiger partial charge in [0.2, 0.25) is 0 Å². The Kier molecular flexibility index (Phi) is 6.28. The molecule has 4 nitrogen and oxygen atoms in total. The maximum Gasteiger partial charge on any atom is 0.411 e. The number of carboxylic acids is 1. The van der Waals surface area contributed by atoms with Crippen LogP contribution in [-0.2, 0) is 15.5 Å². The monoisotopic (exact) mass is 328 g/mol. The molecule has 21 heavy (non-hydrogen) atoms. The zero-order valence-electron chi connectivity index (χ0n) is 10.7. The van der Waals surface area contributed by atoms with Gasteiger partial charge in [0.15, 0.2) is 0 Å². The Morgan fingerprint density at radius 3 is 2.57 bits per heavy atom. The van der Waals surface area contributed by atoms with E-state index in [0.29, 0.717) is 0 Å². The van der Waals surface area contributed by atoms with E-state index in [0.717, 1.165) is 18.2 Å². The highest BCUT2D eigenvalue weighted by molar-refractivity contribution is 7.85. The molecule has 1 atom stereocenters. The Bertz CT molecular complexity index is 530. The zero-order valence-corrected chi connectivity index (χ0v) is 11.5. The number of alkyl halides is 3. The summed E-state index contributed by atoms with van der Waals surface area (Å²) in [5.41, 5.74) is -0.215. The largest absolute Gasteiger partial charge is 0.478 e. The lowest BCUT2D eigenvalue weighted by atomic mass is 10.2. The van der Waals surface area contributed by atoms with Gasteiger partial charge in [0.1, 0.15) is 12.4 Å². The average molecular weight is 328 g/mol. The average Bonchev–Trinajstić information content (AvgIpc) is 2.36. The summed E-state index contributed by atoms with van der Waals surface area (Å²) >= 11 is 0. The van der Waals surface area contributed by atoms with E-state index in [4.69, 9.17) is 5.11 Å². The van der Waals surface area contributed by atoms with E-state index in [9.17, 15) is 26.6 Å².